The maximum atomic E-state index is 3.76. The number of nitrogens with one attached hydrogen (secondary N) is 1. The maximum Gasteiger partial charge on any atom is 0.00733 e. The fourth-order valence-electron chi connectivity index (χ4n) is 2.69. The van der Waals surface area contributed by atoms with Gasteiger partial charge in [0.1, 0.15) is 0 Å². The summed E-state index contributed by atoms with van der Waals surface area (Å²) in [5, 5.41) is 3.76. The van der Waals surface area contributed by atoms with E-state index < -0.39 is 0 Å². The summed E-state index contributed by atoms with van der Waals surface area (Å²) in [7, 11) is 0. The van der Waals surface area contributed by atoms with Crippen molar-refractivity contribution in [3.8, 4) is 0 Å². The fourth-order valence-corrected chi connectivity index (χ4v) is 2.69. The zero-order valence-corrected chi connectivity index (χ0v) is 10.3. The minimum atomic E-state index is 0.761. The van der Waals surface area contributed by atoms with E-state index in [0.29, 0.717) is 0 Å². The Labute approximate surface area is 99.3 Å². The molecule has 0 amide bonds. The Hall–Kier alpha value is -0.820. The van der Waals surface area contributed by atoms with Crippen LogP contribution in [0.15, 0.2) is 30.3 Å². The maximum absolute atomic E-state index is 3.76. The van der Waals surface area contributed by atoms with E-state index in [4.69, 9.17) is 0 Å². The van der Waals surface area contributed by atoms with Crippen LogP contribution in [0.25, 0.3) is 0 Å². The van der Waals surface area contributed by atoms with Gasteiger partial charge < -0.3 is 5.32 Å². The molecular weight excluding hydrogens is 194 g/mol. The Kier molecular flexibility index (Phi) is 4.41. The van der Waals surface area contributed by atoms with Gasteiger partial charge in [0.2, 0.25) is 0 Å². The monoisotopic (exact) mass is 217 g/mol. The van der Waals surface area contributed by atoms with E-state index in [2.05, 4.69) is 42.6 Å². The molecule has 1 aliphatic rings. The summed E-state index contributed by atoms with van der Waals surface area (Å²) in [6.07, 6.45) is 7.93. The van der Waals surface area contributed by atoms with Gasteiger partial charge in [-0.3, -0.25) is 0 Å². The quantitative estimate of drug-likeness (QED) is 0.795. The van der Waals surface area contributed by atoms with Crippen molar-refractivity contribution in [2.24, 2.45) is 0 Å². The van der Waals surface area contributed by atoms with E-state index in [1.54, 1.807) is 0 Å². The number of aryl methyl sites for hydroxylation is 1. The molecule has 1 heterocycles. The van der Waals surface area contributed by atoms with Gasteiger partial charge in [-0.25, -0.2) is 0 Å². The van der Waals surface area contributed by atoms with Gasteiger partial charge in [0.15, 0.2) is 0 Å². The second-order valence-corrected chi connectivity index (χ2v) is 4.95. The molecule has 1 nitrogen and oxygen atoms in total. The van der Waals surface area contributed by atoms with Crippen molar-refractivity contribution in [1.82, 2.24) is 5.32 Å². The highest BCUT2D eigenvalue weighted by molar-refractivity contribution is 5.14. The van der Waals surface area contributed by atoms with Crippen LogP contribution in [0.4, 0.5) is 0 Å². The first kappa shape index (κ1) is 11.7. The van der Waals surface area contributed by atoms with Crippen molar-refractivity contribution in [2.75, 3.05) is 0 Å². The smallest absolute Gasteiger partial charge is 0.00733 e. The fraction of sp³-hybridized carbons (Fsp3) is 0.600. The summed E-state index contributed by atoms with van der Waals surface area (Å²) in [6, 6.07) is 12.4. The van der Waals surface area contributed by atoms with E-state index in [1.165, 1.54) is 44.1 Å². The highest BCUT2D eigenvalue weighted by Gasteiger charge is 2.22. The molecule has 1 aromatic carbocycles. The minimum Gasteiger partial charge on any atom is -0.311 e. The van der Waals surface area contributed by atoms with Crippen molar-refractivity contribution in [3.05, 3.63) is 35.9 Å². The van der Waals surface area contributed by atoms with E-state index in [-0.39, 0.29) is 0 Å². The van der Waals surface area contributed by atoms with Crippen LogP contribution in [0, 0.1) is 0 Å². The molecule has 16 heavy (non-hydrogen) atoms. The second kappa shape index (κ2) is 6.05. The molecule has 1 aromatic rings. The average molecular weight is 217 g/mol. The third-order valence-corrected chi connectivity index (χ3v) is 3.60. The minimum absolute atomic E-state index is 0.761. The highest BCUT2D eigenvalue weighted by Crippen LogP contribution is 2.19. The number of hydrogen-bond donors (Lipinski definition) is 1. The van der Waals surface area contributed by atoms with Gasteiger partial charge in [-0.2, -0.15) is 0 Å². The van der Waals surface area contributed by atoms with Crippen LogP contribution in [0.3, 0.4) is 0 Å². The van der Waals surface area contributed by atoms with Gasteiger partial charge in [0, 0.05) is 12.1 Å². The summed E-state index contributed by atoms with van der Waals surface area (Å²) < 4.78 is 0. The Morgan fingerprint density at radius 2 is 1.75 bits per heavy atom. The lowest BCUT2D eigenvalue weighted by Gasteiger charge is -2.13. The zero-order valence-electron chi connectivity index (χ0n) is 10.3. The molecule has 0 saturated carbocycles. The number of rotatable bonds is 5. The highest BCUT2D eigenvalue weighted by atomic mass is 15.0. The average Bonchev–Trinajstić information content (AvgIpc) is 2.76. The molecule has 0 spiro atoms. The zero-order chi connectivity index (χ0) is 11.2. The van der Waals surface area contributed by atoms with E-state index in [0.717, 1.165) is 12.1 Å². The summed E-state index contributed by atoms with van der Waals surface area (Å²) in [5.74, 6) is 0. The molecule has 2 rings (SSSR count). The van der Waals surface area contributed by atoms with Crippen molar-refractivity contribution in [2.45, 2.75) is 57.5 Å². The van der Waals surface area contributed by atoms with Crippen LogP contribution in [0.2, 0.25) is 0 Å². The number of hydrogen-bond acceptors (Lipinski definition) is 1. The van der Waals surface area contributed by atoms with Crippen LogP contribution in [0.1, 0.15) is 44.6 Å². The van der Waals surface area contributed by atoms with Crippen molar-refractivity contribution in [1.29, 1.82) is 0 Å². The summed E-state index contributed by atoms with van der Waals surface area (Å²) in [5.41, 5.74) is 1.48. The summed E-state index contributed by atoms with van der Waals surface area (Å²) >= 11 is 0. The second-order valence-electron chi connectivity index (χ2n) is 4.95. The van der Waals surface area contributed by atoms with Gasteiger partial charge in [0.05, 0.1) is 0 Å². The van der Waals surface area contributed by atoms with Gasteiger partial charge in [0.25, 0.3) is 0 Å². The molecule has 1 aliphatic heterocycles. The van der Waals surface area contributed by atoms with Crippen LogP contribution in [-0.2, 0) is 6.42 Å². The molecule has 0 aromatic heterocycles. The standard InChI is InChI=1S/C15H23N/c1-2-6-14-11-12-15(16-14)10-9-13-7-4-3-5-8-13/h3-5,7-8,14-16H,2,6,9-12H2,1H3. The van der Waals surface area contributed by atoms with E-state index >= 15 is 0 Å². The first-order chi connectivity index (χ1) is 7.88. The lowest BCUT2D eigenvalue weighted by atomic mass is 10.0. The van der Waals surface area contributed by atoms with Gasteiger partial charge in [-0.15, -0.1) is 0 Å². The van der Waals surface area contributed by atoms with E-state index in [1.807, 2.05) is 0 Å². The van der Waals surface area contributed by atoms with Crippen molar-refractivity contribution < 1.29 is 0 Å². The molecule has 2 unspecified atom stereocenters. The number of benzene rings is 1. The predicted octanol–water partition coefficient (Wildman–Crippen LogP) is 3.54. The van der Waals surface area contributed by atoms with Crippen molar-refractivity contribution >= 4 is 0 Å². The lowest BCUT2D eigenvalue weighted by molar-refractivity contribution is 0.488. The van der Waals surface area contributed by atoms with E-state index in [9.17, 15) is 0 Å². The molecule has 0 bridgehead atoms. The Morgan fingerprint density at radius 1 is 1.06 bits per heavy atom. The Balaban J connectivity index is 1.72. The van der Waals surface area contributed by atoms with Crippen LogP contribution in [-0.4, -0.2) is 12.1 Å². The van der Waals surface area contributed by atoms with Crippen LogP contribution >= 0.6 is 0 Å². The molecule has 1 saturated heterocycles. The first-order valence-electron chi connectivity index (χ1n) is 6.68. The molecule has 0 aliphatic carbocycles. The predicted molar refractivity (Wildman–Crippen MR) is 69.6 cm³/mol. The third-order valence-electron chi connectivity index (χ3n) is 3.60. The largest absolute Gasteiger partial charge is 0.311 e. The molecular formula is C15H23N. The molecule has 2 atom stereocenters. The lowest BCUT2D eigenvalue weighted by Crippen LogP contribution is -2.29. The molecule has 1 heteroatoms. The molecule has 0 radical (unpaired) electrons. The SMILES string of the molecule is CCCC1CCC(CCc2ccccc2)N1. The summed E-state index contributed by atoms with van der Waals surface area (Å²) in [6.45, 7) is 2.28. The first-order valence-corrected chi connectivity index (χ1v) is 6.68. The Bertz CT molecular complexity index is 294. The van der Waals surface area contributed by atoms with Crippen LogP contribution < -0.4 is 5.32 Å². The normalized spacial score (nSPS) is 24.8. The molecule has 88 valence electrons. The third kappa shape index (κ3) is 3.34. The Morgan fingerprint density at radius 3 is 2.44 bits per heavy atom. The summed E-state index contributed by atoms with van der Waals surface area (Å²) in [4.78, 5) is 0. The van der Waals surface area contributed by atoms with Gasteiger partial charge in [-0.1, -0.05) is 43.7 Å². The van der Waals surface area contributed by atoms with Crippen molar-refractivity contribution in [3.63, 3.8) is 0 Å². The van der Waals surface area contributed by atoms with Gasteiger partial charge >= 0.3 is 0 Å². The van der Waals surface area contributed by atoms with Gasteiger partial charge in [-0.05, 0) is 37.7 Å². The van der Waals surface area contributed by atoms with Crippen LogP contribution in [0.5, 0.6) is 0 Å². The topological polar surface area (TPSA) is 12.0 Å². The molecule has 1 fully saturated rings. The molecule has 1 N–H and O–H groups in total.